The molecule has 4 heteroatoms. The summed E-state index contributed by atoms with van der Waals surface area (Å²) in [6, 6.07) is 22.7. The third kappa shape index (κ3) is 2.34. The third-order valence-electron chi connectivity index (χ3n) is 5.66. The van der Waals surface area contributed by atoms with Gasteiger partial charge in [0.25, 0.3) is 0 Å². The number of aryl methyl sites for hydroxylation is 2. The fourth-order valence-corrected chi connectivity index (χ4v) is 4.44. The van der Waals surface area contributed by atoms with Crippen molar-refractivity contribution in [3.8, 4) is 5.75 Å². The third-order valence-corrected chi connectivity index (χ3v) is 5.66. The highest BCUT2D eigenvalue weighted by Crippen LogP contribution is 2.41. The van der Waals surface area contributed by atoms with Crippen molar-refractivity contribution in [1.29, 1.82) is 5.41 Å². The predicted octanol–water partition coefficient (Wildman–Crippen LogP) is 5.13. The van der Waals surface area contributed by atoms with E-state index < -0.39 is 0 Å². The molecule has 0 radical (unpaired) electrons. The Kier molecular flexibility index (Phi) is 3.72. The molecule has 0 saturated carbocycles. The summed E-state index contributed by atoms with van der Waals surface area (Å²) in [4.78, 5) is 1.84. The Morgan fingerprint density at radius 1 is 0.821 bits per heavy atom. The lowest BCUT2D eigenvalue weighted by Gasteiger charge is -2.26. The summed E-state index contributed by atoms with van der Waals surface area (Å²) in [5.41, 5.74) is 10.7. The molecule has 0 bridgehead atoms. The topological polar surface area (TPSA) is 62.3 Å². The summed E-state index contributed by atoms with van der Waals surface area (Å²) in [6.07, 6.45) is 2.14. The zero-order valence-electron chi connectivity index (χ0n) is 15.7. The number of ether oxygens (including phenoxy) is 1. The van der Waals surface area contributed by atoms with Gasteiger partial charge in [0.1, 0.15) is 5.75 Å². The van der Waals surface area contributed by atoms with Crippen LogP contribution in [0.25, 0.3) is 21.5 Å². The average molecular weight is 367 g/mol. The molecule has 0 spiro atoms. The number of anilines is 2. The molecule has 0 unspecified atom stereocenters. The van der Waals surface area contributed by atoms with Gasteiger partial charge in [-0.2, -0.15) is 0 Å². The number of nitrogens with zero attached hydrogens (tertiary/aromatic N) is 1. The number of fused-ring (bicyclic) bond motifs is 1. The number of hydrogen-bond donors (Lipinski definition) is 2. The minimum Gasteiger partial charge on any atom is -0.496 e. The van der Waals surface area contributed by atoms with Gasteiger partial charge in [-0.05, 0) is 47.6 Å². The van der Waals surface area contributed by atoms with Crippen molar-refractivity contribution in [3.05, 3.63) is 77.9 Å². The molecule has 0 amide bonds. The van der Waals surface area contributed by atoms with Crippen LogP contribution in [0.15, 0.2) is 66.7 Å². The molecule has 0 saturated heterocycles. The Morgan fingerprint density at radius 3 is 2.21 bits per heavy atom. The first-order chi connectivity index (χ1) is 13.7. The molecule has 1 aliphatic carbocycles. The van der Waals surface area contributed by atoms with Crippen LogP contribution < -0.4 is 15.4 Å². The Balaban J connectivity index is 1.81. The average Bonchev–Trinajstić information content (AvgIpc) is 3.14. The second-order valence-electron chi connectivity index (χ2n) is 7.14. The van der Waals surface area contributed by atoms with Crippen molar-refractivity contribution in [2.45, 2.75) is 12.8 Å². The molecule has 4 nitrogen and oxygen atoms in total. The highest BCUT2D eigenvalue weighted by molar-refractivity contribution is 6.14. The molecule has 3 N–H and O–H groups in total. The van der Waals surface area contributed by atoms with E-state index in [1.807, 2.05) is 41.3 Å². The van der Waals surface area contributed by atoms with Gasteiger partial charge in [0, 0.05) is 16.2 Å². The lowest BCUT2D eigenvalue weighted by atomic mass is 10.0. The molecule has 0 fully saturated rings. The van der Waals surface area contributed by atoms with E-state index >= 15 is 0 Å². The van der Waals surface area contributed by atoms with E-state index in [4.69, 9.17) is 15.9 Å². The lowest BCUT2D eigenvalue weighted by Crippen LogP contribution is -2.32. The van der Waals surface area contributed by atoms with E-state index in [0.29, 0.717) is 0 Å². The molecule has 4 aromatic rings. The van der Waals surface area contributed by atoms with Crippen molar-refractivity contribution in [2.75, 3.05) is 12.0 Å². The number of guanidine groups is 1. The molecule has 0 aliphatic heterocycles. The van der Waals surface area contributed by atoms with Crippen LogP contribution in [0.3, 0.4) is 0 Å². The standard InChI is InChI=1S/C24H21N3O/c1-28-22-14-13-20(17-6-2-3-7-18(17)22)27(24(25)26)21-12-11-16-10-9-15-5-4-8-19(21)23(15)16/h2-8,11-14H,9-10H2,1H3,(H3,25,26). The first kappa shape index (κ1) is 16.6. The molecule has 5 rings (SSSR count). The normalized spacial score (nSPS) is 12.5. The number of benzene rings is 4. The van der Waals surface area contributed by atoms with E-state index in [1.165, 1.54) is 16.5 Å². The molecular weight excluding hydrogens is 346 g/mol. The summed E-state index contributed by atoms with van der Waals surface area (Å²) in [5, 5.41) is 12.8. The molecule has 0 heterocycles. The first-order valence-electron chi connectivity index (χ1n) is 9.42. The highest BCUT2D eigenvalue weighted by Gasteiger charge is 2.22. The van der Waals surface area contributed by atoms with Gasteiger partial charge in [0.05, 0.1) is 18.5 Å². The zero-order chi connectivity index (χ0) is 19.3. The predicted molar refractivity (Wildman–Crippen MR) is 116 cm³/mol. The molecular formula is C24H21N3O. The molecule has 0 aromatic heterocycles. The monoisotopic (exact) mass is 367 g/mol. The Bertz CT molecular complexity index is 1240. The summed E-state index contributed by atoms with van der Waals surface area (Å²) in [6.45, 7) is 0. The Morgan fingerprint density at radius 2 is 1.46 bits per heavy atom. The SMILES string of the molecule is COc1ccc(N(C(=N)N)c2ccc3c4c(cccc24)CC3)c2ccccc12. The van der Waals surface area contributed by atoms with Gasteiger partial charge in [-0.1, -0.05) is 48.5 Å². The van der Waals surface area contributed by atoms with E-state index in [9.17, 15) is 0 Å². The maximum absolute atomic E-state index is 8.37. The number of nitrogens with two attached hydrogens (primary N) is 1. The number of nitrogens with one attached hydrogen (secondary N) is 1. The van der Waals surface area contributed by atoms with Crippen molar-refractivity contribution in [1.82, 2.24) is 0 Å². The summed E-state index contributed by atoms with van der Waals surface area (Å²) >= 11 is 0. The van der Waals surface area contributed by atoms with Crippen LogP contribution in [0.5, 0.6) is 5.75 Å². The van der Waals surface area contributed by atoms with Crippen LogP contribution >= 0.6 is 0 Å². The molecule has 138 valence electrons. The van der Waals surface area contributed by atoms with E-state index in [0.717, 1.165) is 46.1 Å². The van der Waals surface area contributed by atoms with Gasteiger partial charge in [-0.3, -0.25) is 10.3 Å². The van der Waals surface area contributed by atoms with Crippen molar-refractivity contribution >= 4 is 38.9 Å². The van der Waals surface area contributed by atoms with Crippen molar-refractivity contribution in [2.24, 2.45) is 5.73 Å². The number of methoxy groups -OCH3 is 1. The molecule has 0 atom stereocenters. The summed E-state index contributed by atoms with van der Waals surface area (Å²) in [5.74, 6) is 0.803. The summed E-state index contributed by atoms with van der Waals surface area (Å²) in [7, 11) is 1.67. The fraction of sp³-hybridized carbons (Fsp3) is 0.125. The zero-order valence-corrected chi connectivity index (χ0v) is 15.7. The van der Waals surface area contributed by atoms with Crippen molar-refractivity contribution < 1.29 is 4.74 Å². The van der Waals surface area contributed by atoms with Crippen LogP contribution in [0.4, 0.5) is 11.4 Å². The van der Waals surface area contributed by atoms with Crippen LogP contribution in [-0.4, -0.2) is 13.1 Å². The largest absolute Gasteiger partial charge is 0.496 e. The lowest BCUT2D eigenvalue weighted by molar-refractivity contribution is 0.420. The molecule has 4 aromatic carbocycles. The Hall–Kier alpha value is -3.53. The quantitative estimate of drug-likeness (QED) is 0.390. The van der Waals surface area contributed by atoms with Gasteiger partial charge < -0.3 is 10.5 Å². The fourth-order valence-electron chi connectivity index (χ4n) is 4.44. The minimum absolute atomic E-state index is 0.00554. The maximum atomic E-state index is 8.37. The molecule has 1 aliphatic rings. The van der Waals surface area contributed by atoms with Crippen LogP contribution in [0.1, 0.15) is 11.1 Å². The summed E-state index contributed by atoms with van der Waals surface area (Å²) < 4.78 is 5.53. The van der Waals surface area contributed by atoms with E-state index in [1.54, 1.807) is 7.11 Å². The maximum Gasteiger partial charge on any atom is 0.197 e. The van der Waals surface area contributed by atoms with Crippen LogP contribution in [0.2, 0.25) is 0 Å². The Labute approximate surface area is 163 Å². The van der Waals surface area contributed by atoms with Gasteiger partial charge in [0.2, 0.25) is 0 Å². The van der Waals surface area contributed by atoms with Gasteiger partial charge in [-0.15, -0.1) is 0 Å². The second kappa shape index (κ2) is 6.27. The van der Waals surface area contributed by atoms with E-state index in [-0.39, 0.29) is 5.96 Å². The highest BCUT2D eigenvalue weighted by atomic mass is 16.5. The van der Waals surface area contributed by atoms with Gasteiger partial charge >= 0.3 is 0 Å². The van der Waals surface area contributed by atoms with E-state index in [2.05, 4.69) is 30.3 Å². The second-order valence-corrected chi connectivity index (χ2v) is 7.14. The molecule has 28 heavy (non-hydrogen) atoms. The smallest absolute Gasteiger partial charge is 0.197 e. The van der Waals surface area contributed by atoms with Crippen LogP contribution in [-0.2, 0) is 12.8 Å². The van der Waals surface area contributed by atoms with Crippen molar-refractivity contribution in [3.63, 3.8) is 0 Å². The van der Waals surface area contributed by atoms with Crippen LogP contribution in [0, 0.1) is 5.41 Å². The first-order valence-corrected chi connectivity index (χ1v) is 9.42. The number of rotatable bonds is 3. The van der Waals surface area contributed by atoms with Gasteiger partial charge in [0.15, 0.2) is 5.96 Å². The number of hydrogen-bond acceptors (Lipinski definition) is 2. The van der Waals surface area contributed by atoms with Gasteiger partial charge in [-0.25, -0.2) is 0 Å². The minimum atomic E-state index is -0.00554.